The summed E-state index contributed by atoms with van der Waals surface area (Å²) in [6, 6.07) is 21.8. The number of amides is 1. The van der Waals surface area contributed by atoms with Crippen molar-refractivity contribution in [1.29, 1.82) is 0 Å². The topological polar surface area (TPSA) is 41.6 Å². The van der Waals surface area contributed by atoms with Crippen molar-refractivity contribution in [3.05, 3.63) is 87.6 Å². The number of benzene rings is 2. The number of nitrogens with zero attached hydrogens (tertiary/aromatic N) is 1. The Morgan fingerprint density at radius 1 is 1.07 bits per heavy atom. The van der Waals surface area contributed by atoms with E-state index in [1.165, 1.54) is 9.75 Å². The van der Waals surface area contributed by atoms with Crippen LogP contribution in [0.25, 0.3) is 0 Å². The van der Waals surface area contributed by atoms with Crippen LogP contribution in [0.1, 0.15) is 25.7 Å². The Morgan fingerprint density at radius 3 is 2.57 bits per heavy atom. The van der Waals surface area contributed by atoms with Crippen molar-refractivity contribution in [1.82, 2.24) is 10.2 Å². The fourth-order valence-electron chi connectivity index (χ4n) is 3.33. The monoisotopic (exact) mass is 392 g/mol. The summed E-state index contributed by atoms with van der Waals surface area (Å²) in [5, 5.41) is 2.98. The second-order valence-corrected chi connectivity index (χ2v) is 8.48. The molecule has 0 aliphatic carbocycles. The third kappa shape index (κ3) is 4.61. The van der Waals surface area contributed by atoms with E-state index in [2.05, 4.69) is 29.3 Å². The van der Waals surface area contributed by atoms with Gasteiger partial charge in [0.15, 0.2) is 0 Å². The Kier molecular flexibility index (Phi) is 5.74. The second-order valence-electron chi connectivity index (χ2n) is 7.11. The van der Waals surface area contributed by atoms with E-state index in [9.17, 15) is 4.79 Å². The van der Waals surface area contributed by atoms with E-state index in [-0.39, 0.29) is 12.0 Å². The maximum absolute atomic E-state index is 12.6. The molecule has 5 heteroatoms. The number of hydrogen-bond acceptors (Lipinski definition) is 4. The molecule has 0 bridgehead atoms. The van der Waals surface area contributed by atoms with Crippen molar-refractivity contribution < 1.29 is 9.53 Å². The first-order valence-corrected chi connectivity index (χ1v) is 10.3. The molecule has 1 saturated heterocycles. The van der Waals surface area contributed by atoms with Gasteiger partial charge in [-0.15, -0.1) is 11.3 Å². The maximum atomic E-state index is 12.6. The van der Waals surface area contributed by atoms with Crippen molar-refractivity contribution in [2.24, 2.45) is 0 Å². The number of aryl methyl sites for hydroxylation is 1. The lowest BCUT2D eigenvalue weighted by Crippen LogP contribution is -2.53. The lowest BCUT2D eigenvalue weighted by atomic mass is 10.1. The molecule has 0 atom stereocenters. The number of carbonyl (C=O) groups is 1. The first-order valence-electron chi connectivity index (χ1n) is 9.53. The van der Waals surface area contributed by atoms with Gasteiger partial charge in [-0.2, -0.15) is 0 Å². The smallest absolute Gasteiger partial charge is 0.255 e. The zero-order valence-corrected chi connectivity index (χ0v) is 16.7. The fourth-order valence-corrected chi connectivity index (χ4v) is 4.26. The zero-order valence-electron chi connectivity index (χ0n) is 15.9. The molecular weight excluding hydrogens is 368 g/mol. The number of nitrogens with one attached hydrogen (secondary N) is 1. The van der Waals surface area contributed by atoms with Crippen LogP contribution >= 0.6 is 11.3 Å². The van der Waals surface area contributed by atoms with Gasteiger partial charge in [-0.1, -0.05) is 42.5 Å². The summed E-state index contributed by atoms with van der Waals surface area (Å²) in [4.78, 5) is 17.7. The molecule has 1 N–H and O–H groups in total. The summed E-state index contributed by atoms with van der Waals surface area (Å²) >= 11 is 1.85. The molecule has 3 aromatic rings. The molecule has 4 nitrogen and oxygen atoms in total. The normalized spacial score (nSPS) is 14.5. The van der Waals surface area contributed by atoms with Crippen molar-refractivity contribution >= 4 is 17.2 Å². The summed E-state index contributed by atoms with van der Waals surface area (Å²) in [5.74, 6) is 0.550. The van der Waals surface area contributed by atoms with E-state index in [0.29, 0.717) is 17.9 Å². The third-order valence-electron chi connectivity index (χ3n) is 4.82. The number of rotatable bonds is 7. The van der Waals surface area contributed by atoms with Crippen LogP contribution in [0.2, 0.25) is 0 Å². The molecule has 1 aliphatic rings. The minimum absolute atomic E-state index is 0.107. The van der Waals surface area contributed by atoms with Gasteiger partial charge < -0.3 is 10.1 Å². The maximum Gasteiger partial charge on any atom is 0.255 e. The molecule has 2 aromatic carbocycles. The molecule has 1 aliphatic heterocycles. The van der Waals surface area contributed by atoms with Gasteiger partial charge in [0.05, 0.1) is 5.56 Å². The summed E-state index contributed by atoms with van der Waals surface area (Å²) < 4.78 is 6.13. The van der Waals surface area contributed by atoms with E-state index in [1.54, 1.807) is 0 Å². The van der Waals surface area contributed by atoms with Crippen molar-refractivity contribution in [2.75, 3.05) is 13.1 Å². The van der Waals surface area contributed by atoms with Crippen LogP contribution in [0.4, 0.5) is 0 Å². The SMILES string of the molecule is Cc1ccc(CN2CC(Oc3ccccc3C(=O)NCc3ccccc3)C2)s1. The predicted molar refractivity (Wildman–Crippen MR) is 113 cm³/mol. The van der Waals surface area contributed by atoms with Crippen LogP contribution in [-0.4, -0.2) is 30.0 Å². The number of carbonyl (C=O) groups excluding carboxylic acids is 1. The van der Waals surface area contributed by atoms with Crippen LogP contribution in [0.15, 0.2) is 66.7 Å². The molecule has 4 rings (SSSR count). The highest BCUT2D eigenvalue weighted by Crippen LogP contribution is 2.25. The minimum atomic E-state index is -0.107. The lowest BCUT2D eigenvalue weighted by molar-refractivity contribution is 0.0147. The van der Waals surface area contributed by atoms with E-state index in [4.69, 9.17) is 4.74 Å². The van der Waals surface area contributed by atoms with E-state index >= 15 is 0 Å². The lowest BCUT2D eigenvalue weighted by Gasteiger charge is -2.39. The first-order chi connectivity index (χ1) is 13.7. The Morgan fingerprint density at radius 2 is 1.82 bits per heavy atom. The average molecular weight is 393 g/mol. The summed E-state index contributed by atoms with van der Waals surface area (Å²) in [7, 11) is 0. The van der Waals surface area contributed by atoms with Crippen molar-refractivity contribution in [3.8, 4) is 5.75 Å². The largest absolute Gasteiger partial charge is 0.487 e. The third-order valence-corrected chi connectivity index (χ3v) is 5.81. The quantitative estimate of drug-likeness (QED) is 0.654. The highest BCUT2D eigenvalue weighted by Gasteiger charge is 2.29. The number of likely N-dealkylation sites (tertiary alicyclic amines) is 1. The van der Waals surface area contributed by atoms with Crippen LogP contribution in [-0.2, 0) is 13.1 Å². The Hall–Kier alpha value is -2.63. The Bertz CT molecular complexity index is 933. The summed E-state index contributed by atoms with van der Waals surface area (Å²) in [6.45, 7) is 5.38. The molecule has 144 valence electrons. The first kappa shape index (κ1) is 18.7. The van der Waals surface area contributed by atoms with Gasteiger partial charge in [-0.05, 0) is 36.8 Å². The van der Waals surface area contributed by atoms with Gasteiger partial charge >= 0.3 is 0 Å². The zero-order chi connectivity index (χ0) is 19.3. The van der Waals surface area contributed by atoms with E-state index in [1.807, 2.05) is 65.9 Å². The van der Waals surface area contributed by atoms with Crippen LogP contribution in [0.3, 0.4) is 0 Å². The number of thiophene rings is 1. The van der Waals surface area contributed by atoms with E-state index in [0.717, 1.165) is 25.2 Å². The van der Waals surface area contributed by atoms with Gasteiger partial charge in [0.2, 0.25) is 0 Å². The number of ether oxygens (including phenoxy) is 1. The van der Waals surface area contributed by atoms with Crippen LogP contribution in [0, 0.1) is 6.92 Å². The van der Waals surface area contributed by atoms with Gasteiger partial charge in [0.1, 0.15) is 11.9 Å². The number of para-hydroxylation sites is 1. The van der Waals surface area contributed by atoms with Crippen molar-refractivity contribution in [3.63, 3.8) is 0 Å². The molecule has 1 amide bonds. The highest BCUT2D eigenvalue weighted by molar-refractivity contribution is 7.11. The fraction of sp³-hybridized carbons (Fsp3) is 0.261. The summed E-state index contributed by atoms with van der Waals surface area (Å²) in [5.41, 5.74) is 1.67. The molecular formula is C23H24N2O2S. The van der Waals surface area contributed by atoms with Gasteiger partial charge in [0.25, 0.3) is 5.91 Å². The molecule has 1 aromatic heterocycles. The second kappa shape index (κ2) is 8.59. The molecule has 0 saturated carbocycles. The molecule has 2 heterocycles. The van der Waals surface area contributed by atoms with Crippen molar-refractivity contribution in [2.45, 2.75) is 26.1 Å². The number of hydrogen-bond donors (Lipinski definition) is 1. The average Bonchev–Trinajstić information content (AvgIpc) is 3.10. The molecule has 0 radical (unpaired) electrons. The highest BCUT2D eigenvalue weighted by atomic mass is 32.1. The van der Waals surface area contributed by atoms with Crippen LogP contribution < -0.4 is 10.1 Å². The van der Waals surface area contributed by atoms with Gasteiger partial charge in [-0.25, -0.2) is 0 Å². The van der Waals surface area contributed by atoms with Crippen LogP contribution in [0.5, 0.6) is 5.75 Å². The Balaban J connectivity index is 1.31. The van der Waals surface area contributed by atoms with Gasteiger partial charge in [0, 0.05) is 35.9 Å². The molecule has 28 heavy (non-hydrogen) atoms. The van der Waals surface area contributed by atoms with E-state index < -0.39 is 0 Å². The molecule has 1 fully saturated rings. The minimum Gasteiger partial charge on any atom is -0.487 e. The standard InChI is InChI=1S/C23H24N2O2S/c1-17-11-12-20(28-17)16-25-14-19(15-25)27-22-10-6-5-9-21(22)23(26)24-13-18-7-3-2-4-8-18/h2-12,19H,13-16H2,1H3,(H,24,26). The molecule has 0 spiro atoms. The Labute approximate surface area is 169 Å². The predicted octanol–water partition coefficient (Wildman–Crippen LogP) is 4.25. The summed E-state index contributed by atoms with van der Waals surface area (Å²) in [6.07, 6.45) is 0.129. The molecule has 0 unspecified atom stereocenters. The van der Waals surface area contributed by atoms with Gasteiger partial charge in [-0.3, -0.25) is 9.69 Å².